The third-order valence-corrected chi connectivity index (χ3v) is 4.22. The Kier molecular flexibility index (Phi) is 4.02. The summed E-state index contributed by atoms with van der Waals surface area (Å²) in [7, 11) is 1.98. The number of rotatable bonds is 3. The lowest BCUT2D eigenvalue weighted by atomic mass is 10.1. The van der Waals surface area contributed by atoms with Gasteiger partial charge in [-0.2, -0.15) is 5.10 Å². The minimum absolute atomic E-state index is 0.00712. The molecule has 1 amide bonds. The summed E-state index contributed by atoms with van der Waals surface area (Å²) < 4.78 is 3.26. The van der Waals surface area contributed by atoms with Gasteiger partial charge in [0.1, 0.15) is 12.4 Å². The molecular formula is C16H21N5O2. The second kappa shape index (κ2) is 5.98. The molecule has 23 heavy (non-hydrogen) atoms. The van der Waals surface area contributed by atoms with Gasteiger partial charge in [0.05, 0.1) is 11.4 Å². The number of hydrogen-bond acceptors (Lipinski definition) is 4. The van der Waals surface area contributed by atoms with Gasteiger partial charge < -0.3 is 9.47 Å². The monoisotopic (exact) mass is 315 g/mol. The summed E-state index contributed by atoms with van der Waals surface area (Å²) in [5, 5.41) is 4.12. The Bertz CT molecular complexity index is 792. The number of aromatic nitrogens is 4. The number of likely N-dealkylation sites (tertiary alicyclic amines) is 1. The van der Waals surface area contributed by atoms with E-state index < -0.39 is 0 Å². The van der Waals surface area contributed by atoms with Crippen molar-refractivity contribution in [3.8, 4) is 0 Å². The van der Waals surface area contributed by atoms with Crippen molar-refractivity contribution in [3.63, 3.8) is 0 Å². The van der Waals surface area contributed by atoms with Crippen LogP contribution in [0.1, 0.15) is 29.6 Å². The number of nitrogens with zero attached hydrogens (tertiary/aromatic N) is 5. The number of amides is 1. The van der Waals surface area contributed by atoms with Crippen molar-refractivity contribution in [2.24, 2.45) is 7.05 Å². The largest absolute Gasteiger partial charge is 0.340 e. The normalized spacial score (nSPS) is 17.7. The molecule has 0 N–H and O–H groups in total. The maximum Gasteiger partial charge on any atom is 0.267 e. The lowest BCUT2D eigenvalue weighted by Crippen LogP contribution is -2.36. The van der Waals surface area contributed by atoms with Gasteiger partial charge in [0.15, 0.2) is 0 Å². The van der Waals surface area contributed by atoms with Crippen LogP contribution in [-0.2, 0) is 18.4 Å². The second-order valence-electron chi connectivity index (χ2n) is 6.15. The van der Waals surface area contributed by atoms with Gasteiger partial charge in [0.25, 0.3) is 5.56 Å². The SMILES string of the molecule is Cc1cn(C)c(C2CCN(C(=O)Cn3nc(C)ccc3=O)C2)n1. The van der Waals surface area contributed by atoms with Crippen LogP contribution in [-0.4, -0.2) is 43.2 Å². The predicted octanol–water partition coefficient (Wildman–Crippen LogP) is 0.610. The molecule has 7 nitrogen and oxygen atoms in total. The molecule has 2 aromatic heterocycles. The lowest BCUT2D eigenvalue weighted by molar-refractivity contribution is -0.131. The fraction of sp³-hybridized carbons (Fsp3) is 0.500. The van der Waals surface area contributed by atoms with Crippen LogP contribution in [0.4, 0.5) is 0 Å². The molecule has 0 aromatic carbocycles. The molecular weight excluding hydrogens is 294 g/mol. The van der Waals surface area contributed by atoms with Gasteiger partial charge >= 0.3 is 0 Å². The summed E-state index contributed by atoms with van der Waals surface area (Å²) in [6.45, 7) is 5.10. The fourth-order valence-corrected chi connectivity index (χ4v) is 3.10. The van der Waals surface area contributed by atoms with Gasteiger partial charge in [-0.05, 0) is 26.3 Å². The molecule has 3 rings (SSSR count). The Balaban J connectivity index is 1.69. The lowest BCUT2D eigenvalue weighted by Gasteiger charge is -2.17. The number of carbonyl (C=O) groups excluding carboxylic acids is 1. The van der Waals surface area contributed by atoms with Crippen LogP contribution in [0.15, 0.2) is 23.1 Å². The standard InChI is InChI=1S/C16H21N5O2/c1-11-4-5-14(22)21(18-11)10-15(23)20-7-6-13(9-20)16-17-12(2)8-19(16)3/h4-5,8,13H,6-7,9-10H2,1-3H3. The molecule has 122 valence electrons. The first-order valence-electron chi connectivity index (χ1n) is 7.76. The molecule has 1 aliphatic heterocycles. The van der Waals surface area contributed by atoms with Crippen molar-refractivity contribution >= 4 is 5.91 Å². The molecule has 0 aliphatic carbocycles. The van der Waals surface area contributed by atoms with E-state index in [1.807, 2.05) is 24.7 Å². The van der Waals surface area contributed by atoms with E-state index in [-0.39, 0.29) is 23.9 Å². The summed E-state index contributed by atoms with van der Waals surface area (Å²) in [6.07, 6.45) is 2.89. The summed E-state index contributed by atoms with van der Waals surface area (Å²) in [6, 6.07) is 3.09. The molecule has 2 aromatic rings. The Morgan fingerprint density at radius 1 is 1.30 bits per heavy atom. The van der Waals surface area contributed by atoms with Gasteiger partial charge in [0.2, 0.25) is 5.91 Å². The molecule has 1 atom stereocenters. The summed E-state index contributed by atoms with van der Waals surface area (Å²) in [5.41, 5.74) is 1.46. The highest BCUT2D eigenvalue weighted by atomic mass is 16.2. The zero-order chi connectivity index (χ0) is 16.6. The summed E-state index contributed by atoms with van der Waals surface area (Å²) >= 11 is 0. The highest BCUT2D eigenvalue weighted by Crippen LogP contribution is 2.26. The van der Waals surface area contributed by atoms with E-state index in [1.54, 1.807) is 17.9 Å². The van der Waals surface area contributed by atoms with Crippen LogP contribution in [0.5, 0.6) is 0 Å². The number of aryl methyl sites for hydroxylation is 3. The predicted molar refractivity (Wildman–Crippen MR) is 85.1 cm³/mol. The van der Waals surface area contributed by atoms with Gasteiger partial charge in [-0.15, -0.1) is 0 Å². The zero-order valence-electron chi connectivity index (χ0n) is 13.7. The van der Waals surface area contributed by atoms with Crippen LogP contribution in [0.3, 0.4) is 0 Å². The van der Waals surface area contributed by atoms with Crippen molar-refractivity contribution in [2.45, 2.75) is 32.7 Å². The van der Waals surface area contributed by atoms with E-state index in [2.05, 4.69) is 10.1 Å². The highest BCUT2D eigenvalue weighted by molar-refractivity contribution is 5.76. The van der Waals surface area contributed by atoms with Gasteiger partial charge in [0, 0.05) is 38.3 Å². The average molecular weight is 315 g/mol. The van der Waals surface area contributed by atoms with E-state index in [9.17, 15) is 9.59 Å². The molecule has 1 saturated heterocycles. The highest BCUT2D eigenvalue weighted by Gasteiger charge is 2.30. The zero-order valence-corrected chi connectivity index (χ0v) is 13.7. The third kappa shape index (κ3) is 3.18. The number of carbonyl (C=O) groups is 1. The van der Waals surface area contributed by atoms with E-state index in [0.717, 1.165) is 23.6 Å². The molecule has 0 saturated carbocycles. The van der Waals surface area contributed by atoms with Crippen molar-refractivity contribution in [1.82, 2.24) is 24.2 Å². The summed E-state index contributed by atoms with van der Waals surface area (Å²) in [5.74, 6) is 1.20. The first-order valence-corrected chi connectivity index (χ1v) is 7.76. The maximum absolute atomic E-state index is 12.4. The van der Waals surface area contributed by atoms with E-state index in [4.69, 9.17) is 0 Å². The van der Waals surface area contributed by atoms with Crippen molar-refractivity contribution in [1.29, 1.82) is 0 Å². The van der Waals surface area contributed by atoms with Gasteiger partial charge in [-0.3, -0.25) is 9.59 Å². The first kappa shape index (κ1) is 15.5. The minimum Gasteiger partial charge on any atom is -0.340 e. The minimum atomic E-state index is -0.251. The molecule has 0 bridgehead atoms. The van der Waals surface area contributed by atoms with E-state index in [1.165, 1.54) is 10.7 Å². The van der Waals surface area contributed by atoms with Crippen LogP contribution in [0.2, 0.25) is 0 Å². The average Bonchev–Trinajstić information content (AvgIpc) is 3.09. The van der Waals surface area contributed by atoms with Crippen LogP contribution >= 0.6 is 0 Å². The van der Waals surface area contributed by atoms with Crippen molar-refractivity contribution in [2.75, 3.05) is 13.1 Å². The van der Waals surface area contributed by atoms with Crippen molar-refractivity contribution < 1.29 is 4.79 Å². The number of hydrogen-bond donors (Lipinski definition) is 0. The van der Waals surface area contributed by atoms with Gasteiger partial charge in [-0.1, -0.05) is 0 Å². The molecule has 1 aliphatic rings. The third-order valence-electron chi connectivity index (χ3n) is 4.22. The van der Waals surface area contributed by atoms with Crippen LogP contribution < -0.4 is 5.56 Å². The van der Waals surface area contributed by atoms with Crippen LogP contribution in [0.25, 0.3) is 0 Å². The molecule has 7 heteroatoms. The Labute approximate surface area is 134 Å². The van der Waals surface area contributed by atoms with E-state index in [0.29, 0.717) is 13.1 Å². The summed E-state index contributed by atoms with van der Waals surface area (Å²) in [4.78, 5) is 30.6. The fourth-order valence-electron chi connectivity index (χ4n) is 3.10. The quantitative estimate of drug-likeness (QED) is 0.832. The molecule has 0 radical (unpaired) electrons. The molecule has 1 unspecified atom stereocenters. The topological polar surface area (TPSA) is 73.0 Å². The van der Waals surface area contributed by atoms with E-state index >= 15 is 0 Å². The first-order chi connectivity index (χ1) is 10.9. The molecule has 1 fully saturated rings. The Hall–Kier alpha value is -2.44. The maximum atomic E-state index is 12.4. The Morgan fingerprint density at radius 2 is 2.09 bits per heavy atom. The molecule has 3 heterocycles. The second-order valence-corrected chi connectivity index (χ2v) is 6.15. The Morgan fingerprint density at radius 3 is 2.78 bits per heavy atom. The van der Waals surface area contributed by atoms with Crippen molar-refractivity contribution in [3.05, 3.63) is 45.9 Å². The van der Waals surface area contributed by atoms with Crippen LogP contribution in [0, 0.1) is 13.8 Å². The smallest absolute Gasteiger partial charge is 0.267 e. The van der Waals surface area contributed by atoms with Gasteiger partial charge in [-0.25, -0.2) is 9.67 Å². The number of imidazole rings is 1. The molecule has 0 spiro atoms.